The largest absolute Gasteiger partial charge is 0.478 e. The molecule has 1 aliphatic heterocycles. The van der Waals surface area contributed by atoms with Crippen LogP contribution in [-0.4, -0.2) is 32.0 Å². The number of carboxylic acids is 1. The number of hydrogen-bond donors (Lipinski definition) is 1. The van der Waals surface area contributed by atoms with Gasteiger partial charge in [0, 0.05) is 12.6 Å². The van der Waals surface area contributed by atoms with Crippen LogP contribution in [-0.2, 0) is 6.42 Å². The number of rotatable bonds is 3. The molecule has 3 rings (SSSR count). The van der Waals surface area contributed by atoms with Gasteiger partial charge >= 0.3 is 5.97 Å². The van der Waals surface area contributed by atoms with Crippen LogP contribution < -0.4 is 0 Å². The Labute approximate surface area is 109 Å². The quantitative estimate of drug-likeness (QED) is 0.922. The normalized spacial score (nSPS) is 19.4. The molecule has 0 spiro atoms. The molecule has 4 nitrogen and oxygen atoms in total. The van der Waals surface area contributed by atoms with Gasteiger partial charge in [-0.3, -0.25) is 0 Å². The molecule has 94 valence electrons. The van der Waals surface area contributed by atoms with Gasteiger partial charge in [-0.2, -0.15) is 11.8 Å². The van der Waals surface area contributed by atoms with E-state index in [1.807, 2.05) is 28.4 Å². The first-order valence-corrected chi connectivity index (χ1v) is 7.16. The van der Waals surface area contributed by atoms with Gasteiger partial charge in [-0.25, -0.2) is 9.78 Å². The lowest BCUT2D eigenvalue weighted by Gasteiger charge is -2.07. The summed E-state index contributed by atoms with van der Waals surface area (Å²) >= 11 is 1.99. The molecular weight excluding hydrogens is 248 g/mol. The van der Waals surface area contributed by atoms with Gasteiger partial charge in [0.25, 0.3) is 0 Å². The number of imidazole rings is 1. The highest BCUT2D eigenvalue weighted by Gasteiger charge is 2.18. The molecule has 0 aliphatic carbocycles. The summed E-state index contributed by atoms with van der Waals surface area (Å²) in [6.45, 7) is 0. The minimum absolute atomic E-state index is 0.308. The SMILES string of the molecule is O=C(O)c1ccc2cnc(CC3CCSC3)n2c1. The van der Waals surface area contributed by atoms with Gasteiger partial charge in [-0.15, -0.1) is 0 Å². The van der Waals surface area contributed by atoms with Crippen LogP contribution in [0, 0.1) is 5.92 Å². The molecule has 0 bridgehead atoms. The van der Waals surface area contributed by atoms with Gasteiger partial charge in [-0.1, -0.05) is 0 Å². The number of nitrogens with zero attached hydrogens (tertiary/aromatic N) is 2. The summed E-state index contributed by atoms with van der Waals surface area (Å²) in [6.07, 6.45) is 5.65. The van der Waals surface area contributed by atoms with Crippen LogP contribution in [0.1, 0.15) is 22.6 Å². The van der Waals surface area contributed by atoms with Gasteiger partial charge in [0.2, 0.25) is 0 Å². The second kappa shape index (κ2) is 4.65. The van der Waals surface area contributed by atoms with Crippen LogP contribution >= 0.6 is 11.8 Å². The summed E-state index contributed by atoms with van der Waals surface area (Å²) in [7, 11) is 0. The predicted octanol–water partition coefficient (Wildman–Crippen LogP) is 2.33. The number of fused-ring (bicyclic) bond motifs is 1. The zero-order chi connectivity index (χ0) is 12.5. The van der Waals surface area contributed by atoms with Gasteiger partial charge in [0.1, 0.15) is 5.82 Å². The topological polar surface area (TPSA) is 54.6 Å². The summed E-state index contributed by atoms with van der Waals surface area (Å²) in [5, 5.41) is 9.02. The summed E-state index contributed by atoms with van der Waals surface area (Å²) in [4.78, 5) is 15.4. The zero-order valence-corrected chi connectivity index (χ0v) is 10.7. The van der Waals surface area contributed by atoms with Crippen molar-refractivity contribution in [2.45, 2.75) is 12.8 Å². The number of thioether (sulfide) groups is 1. The Kier molecular flexibility index (Phi) is 2.99. The second-order valence-electron chi connectivity index (χ2n) is 4.63. The monoisotopic (exact) mass is 262 g/mol. The number of aromatic carboxylic acids is 1. The van der Waals surface area contributed by atoms with E-state index in [0.29, 0.717) is 11.5 Å². The molecule has 1 saturated heterocycles. The summed E-state index contributed by atoms with van der Waals surface area (Å²) in [5.74, 6) is 3.17. The fourth-order valence-electron chi connectivity index (χ4n) is 2.32. The average molecular weight is 262 g/mol. The fourth-order valence-corrected chi connectivity index (χ4v) is 3.61. The predicted molar refractivity (Wildman–Crippen MR) is 71.3 cm³/mol. The minimum atomic E-state index is -0.895. The van der Waals surface area contributed by atoms with Gasteiger partial charge in [0.05, 0.1) is 17.3 Å². The Morgan fingerprint density at radius 3 is 3.17 bits per heavy atom. The van der Waals surface area contributed by atoms with Gasteiger partial charge in [0.15, 0.2) is 0 Å². The molecule has 0 amide bonds. The third-order valence-electron chi connectivity index (χ3n) is 3.35. The number of carboxylic acid groups (broad SMARTS) is 1. The van der Waals surface area contributed by atoms with E-state index in [9.17, 15) is 4.79 Å². The van der Waals surface area contributed by atoms with Crippen molar-refractivity contribution >= 4 is 23.2 Å². The Balaban J connectivity index is 1.95. The molecular formula is C13H14N2O2S. The summed E-state index contributed by atoms with van der Waals surface area (Å²) in [5.41, 5.74) is 1.27. The molecule has 1 unspecified atom stereocenters. The number of pyridine rings is 1. The molecule has 1 fully saturated rings. The average Bonchev–Trinajstić information content (AvgIpc) is 2.99. The standard InChI is InChI=1S/C13H14N2O2S/c16-13(17)10-1-2-11-6-14-12(15(11)7-10)5-9-3-4-18-8-9/h1-2,6-7,9H,3-5,8H2,(H,16,17). The number of hydrogen-bond acceptors (Lipinski definition) is 3. The van der Waals surface area contributed by atoms with E-state index >= 15 is 0 Å². The highest BCUT2D eigenvalue weighted by Crippen LogP contribution is 2.26. The van der Waals surface area contributed by atoms with Crippen molar-refractivity contribution in [3.8, 4) is 0 Å². The molecule has 1 atom stereocenters. The van der Waals surface area contributed by atoms with Crippen LogP contribution in [0.5, 0.6) is 0 Å². The van der Waals surface area contributed by atoms with E-state index in [0.717, 1.165) is 17.8 Å². The van der Waals surface area contributed by atoms with Crippen LogP contribution in [0.4, 0.5) is 0 Å². The maximum absolute atomic E-state index is 11.0. The van der Waals surface area contributed by atoms with Crippen molar-refractivity contribution in [2.24, 2.45) is 5.92 Å². The third-order valence-corrected chi connectivity index (χ3v) is 4.58. The lowest BCUT2D eigenvalue weighted by molar-refractivity contribution is 0.0696. The molecule has 3 heterocycles. The van der Waals surface area contributed by atoms with E-state index in [-0.39, 0.29) is 0 Å². The molecule has 0 radical (unpaired) electrons. The Morgan fingerprint density at radius 1 is 1.56 bits per heavy atom. The molecule has 2 aromatic heterocycles. The van der Waals surface area contributed by atoms with Crippen molar-refractivity contribution in [1.29, 1.82) is 0 Å². The van der Waals surface area contributed by atoms with Crippen LogP contribution in [0.3, 0.4) is 0 Å². The molecule has 1 aliphatic rings. The second-order valence-corrected chi connectivity index (χ2v) is 5.78. The summed E-state index contributed by atoms with van der Waals surface area (Å²) < 4.78 is 1.91. The van der Waals surface area contributed by atoms with Crippen LogP contribution in [0.25, 0.3) is 5.52 Å². The highest BCUT2D eigenvalue weighted by atomic mass is 32.2. The van der Waals surface area contributed by atoms with Crippen molar-refractivity contribution in [2.75, 3.05) is 11.5 Å². The third kappa shape index (κ3) is 2.10. The van der Waals surface area contributed by atoms with Crippen molar-refractivity contribution < 1.29 is 9.90 Å². The molecule has 5 heteroatoms. The maximum atomic E-state index is 11.0. The van der Waals surface area contributed by atoms with Crippen LogP contribution in [0.2, 0.25) is 0 Å². The molecule has 2 aromatic rings. The number of carbonyl (C=O) groups is 1. The first-order valence-electron chi connectivity index (χ1n) is 6.01. The van der Waals surface area contributed by atoms with E-state index in [4.69, 9.17) is 5.11 Å². The number of aromatic nitrogens is 2. The Hall–Kier alpha value is -1.49. The summed E-state index contributed by atoms with van der Waals surface area (Å²) in [6, 6.07) is 3.43. The first kappa shape index (κ1) is 11.6. The molecule has 0 saturated carbocycles. The molecule has 18 heavy (non-hydrogen) atoms. The zero-order valence-electron chi connectivity index (χ0n) is 9.87. The van der Waals surface area contributed by atoms with Gasteiger partial charge in [-0.05, 0) is 36.0 Å². The van der Waals surface area contributed by atoms with E-state index < -0.39 is 5.97 Å². The molecule has 0 aromatic carbocycles. The van der Waals surface area contributed by atoms with E-state index in [2.05, 4.69) is 4.98 Å². The minimum Gasteiger partial charge on any atom is -0.478 e. The lowest BCUT2D eigenvalue weighted by atomic mass is 10.1. The van der Waals surface area contributed by atoms with Gasteiger partial charge < -0.3 is 9.51 Å². The highest BCUT2D eigenvalue weighted by molar-refractivity contribution is 7.99. The fraction of sp³-hybridized carbons (Fsp3) is 0.385. The van der Waals surface area contributed by atoms with E-state index in [1.54, 1.807) is 12.3 Å². The van der Waals surface area contributed by atoms with E-state index in [1.165, 1.54) is 17.9 Å². The molecule has 1 N–H and O–H groups in total. The Bertz CT molecular complexity index is 588. The Morgan fingerprint density at radius 2 is 2.44 bits per heavy atom. The maximum Gasteiger partial charge on any atom is 0.337 e. The van der Waals surface area contributed by atoms with Crippen molar-refractivity contribution in [3.05, 3.63) is 35.9 Å². The van der Waals surface area contributed by atoms with Crippen molar-refractivity contribution in [1.82, 2.24) is 9.38 Å². The lowest BCUT2D eigenvalue weighted by Crippen LogP contribution is -2.07. The van der Waals surface area contributed by atoms with Crippen LogP contribution in [0.15, 0.2) is 24.5 Å². The van der Waals surface area contributed by atoms with Crippen molar-refractivity contribution in [3.63, 3.8) is 0 Å². The first-order chi connectivity index (χ1) is 8.74. The smallest absolute Gasteiger partial charge is 0.337 e.